The fourth-order valence-electron chi connectivity index (χ4n) is 7.89. The minimum Gasteiger partial charge on any atom is -0.0804 e. The fourth-order valence-corrected chi connectivity index (χ4v) is 7.89. The van der Waals surface area contributed by atoms with Crippen LogP contribution in [0.1, 0.15) is 105 Å². The van der Waals surface area contributed by atoms with Crippen LogP contribution in [-0.4, -0.2) is 0 Å². The quantitative estimate of drug-likeness (QED) is 0.457. The fraction of sp³-hybridized carbons (Fsp3) is 0.852. The summed E-state index contributed by atoms with van der Waals surface area (Å²) in [6.07, 6.45) is 21.2. The molecule has 0 heterocycles. The summed E-state index contributed by atoms with van der Waals surface area (Å²) in [5.41, 5.74) is 4.70. The van der Waals surface area contributed by atoms with Gasteiger partial charge in [-0.15, -0.1) is 0 Å². The molecule has 0 aliphatic heterocycles. The predicted molar refractivity (Wildman–Crippen MR) is 118 cm³/mol. The van der Waals surface area contributed by atoms with Crippen LogP contribution in [-0.2, 0) is 0 Å². The van der Waals surface area contributed by atoms with Crippen LogP contribution >= 0.6 is 0 Å². The van der Waals surface area contributed by atoms with Crippen LogP contribution in [0.15, 0.2) is 23.3 Å². The van der Waals surface area contributed by atoms with E-state index in [0.29, 0.717) is 10.8 Å². The van der Waals surface area contributed by atoms with Crippen molar-refractivity contribution in [2.75, 3.05) is 0 Å². The van der Waals surface area contributed by atoms with Crippen molar-refractivity contribution in [1.82, 2.24) is 0 Å². The third-order valence-electron chi connectivity index (χ3n) is 9.65. The topological polar surface area (TPSA) is 0 Å². The number of hydrogen-bond acceptors (Lipinski definition) is 0. The van der Waals surface area contributed by atoms with Gasteiger partial charge in [0.1, 0.15) is 0 Å². The predicted octanol–water partition coefficient (Wildman–Crippen LogP) is 8.34. The van der Waals surface area contributed by atoms with E-state index in [2.05, 4.69) is 46.8 Å². The first-order valence-corrected chi connectivity index (χ1v) is 12.3. The van der Waals surface area contributed by atoms with Gasteiger partial charge in [0.15, 0.2) is 0 Å². The first-order valence-electron chi connectivity index (χ1n) is 12.3. The third kappa shape index (κ3) is 3.28. The number of fused-ring (bicyclic) bond motifs is 5. The summed E-state index contributed by atoms with van der Waals surface area (Å²) in [5, 5.41) is 0. The molecule has 0 aromatic heterocycles. The van der Waals surface area contributed by atoms with Gasteiger partial charge in [-0.1, -0.05) is 78.9 Å². The lowest BCUT2D eigenvalue weighted by Gasteiger charge is -2.56. The smallest absolute Gasteiger partial charge is 0.00418 e. The van der Waals surface area contributed by atoms with Gasteiger partial charge in [0.05, 0.1) is 0 Å². The molecule has 0 aromatic carbocycles. The lowest BCUT2D eigenvalue weighted by Crippen LogP contribution is -2.46. The zero-order chi connectivity index (χ0) is 19.2. The van der Waals surface area contributed by atoms with Crippen molar-refractivity contribution >= 4 is 0 Å². The van der Waals surface area contributed by atoms with E-state index in [9.17, 15) is 0 Å². The Morgan fingerprint density at radius 2 is 1.78 bits per heavy atom. The van der Waals surface area contributed by atoms with Gasteiger partial charge in [0.25, 0.3) is 0 Å². The van der Waals surface area contributed by atoms with E-state index in [1.165, 1.54) is 70.6 Å². The van der Waals surface area contributed by atoms with Crippen molar-refractivity contribution in [2.24, 2.45) is 40.4 Å². The second kappa shape index (κ2) is 7.38. The molecule has 0 N–H and O–H groups in total. The Morgan fingerprint density at radius 1 is 0.963 bits per heavy atom. The molecule has 0 radical (unpaired) electrons. The molecule has 27 heavy (non-hydrogen) atoms. The number of hydrogen-bond donors (Lipinski definition) is 0. The molecule has 152 valence electrons. The average Bonchev–Trinajstić information content (AvgIpc) is 2.98. The minimum absolute atomic E-state index is 0.470. The zero-order valence-corrected chi connectivity index (χ0v) is 18.8. The minimum atomic E-state index is 0.470. The Balaban J connectivity index is 1.52. The molecule has 4 aliphatic rings. The van der Waals surface area contributed by atoms with E-state index >= 15 is 0 Å². The molecule has 6 atom stereocenters. The van der Waals surface area contributed by atoms with Gasteiger partial charge < -0.3 is 0 Å². The Hall–Kier alpha value is -0.520. The van der Waals surface area contributed by atoms with Crippen LogP contribution in [0.5, 0.6) is 0 Å². The van der Waals surface area contributed by atoms with Gasteiger partial charge >= 0.3 is 0 Å². The molecular formula is C27H44. The van der Waals surface area contributed by atoms with E-state index in [-0.39, 0.29) is 0 Å². The lowest BCUT2D eigenvalue weighted by atomic mass is 9.49. The monoisotopic (exact) mass is 368 g/mol. The van der Waals surface area contributed by atoms with Crippen LogP contribution < -0.4 is 0 Å². The molecule has 0 saturated heterocycles. The number of rotatable bonds is 5. The first-order chi connectivity index (χ1) is 12.9. The summed E-state index contributed by atoms with van der Waals surface area (Å²) in [6, 6.07) is 0. The van der Waals surface area contributed by atoms with Gasteiger partial charge in [0, 0.05) is 0 Å². The molecule has 0 heteroatoms. The van der Waals surface area contributed by atoms with Crippen LogP contribution in [0.3, 0.4) is 0 Å². The highest BCUT2D eigenvalue weighted by molar-refractivity contribution is 5.46. The normalized spacial score (nSPS) is 42.1. The van der Waals surface area contributed by atoms with E-state index in [1.54, 1.807) is 0 Å². The van der Waals surface area contributed by atoms with Crippen molar-refractivity contribution in [1.29, 1.82) is 0 Å². The van der Waals surface area contributed by atoms with Gasteiger partial charge in [-0.25, -0.2) is 0 Å². The largest absolute Gasteiger partial charge is 0.0804 e. The molecule has 4 rings (SSSR count). The molecular weight excluding hydrogens is 324 g/mol. The van der Waals surface area contributed by atoms with Gasteiger partial charge in [-0.2, -0.15) is 0 Å². The Bertz CT molecular complexity index is 608. The van der Waals surface area contributed by atoms with Crippen molar-refractivity contribution < 1.29 is 0 Å². The molecule has 0 bridgehead atoms. The van der Waals surface area contributed by atoms with Crippen LogP contribution in [0.25, 0.3) is 0 Å². The summed E-state index contributed by atoms with van der Waals surface area (Å²) in [6.45, 7) is 12.6. The maximum Gasteiger partial charge on any atom is -0.00418 e. The zero-order valence-electron chi connectivity index (χ0n) is 18.8. The second-order valence-electron chi connectivity index (χ2n) is 11.6. The van der Waals surface area contributed by atoms with Gasteiger partial charge in [-0.3, -0.25) is 0 Å². The van der Waals surface area contributed by atoms with Crippen LogP contribution in [0.2, 0.25) is 0 Å². The summed E-state index contributed by atoms with van der Waals surface area (Å²) >= 11 is 0. The summed E-state index contributed by atoms with van der Waals surface area (Å²) < 4.78 is 0. The highest BCUT2D eigenvalue weighted by Gasteiger charge is 2.54. The third-order valence-corrected chi connectivity index (χ3v) is 9.65. The molecule has 2 fully saturated rings. The van der Waals surface area contributed by atoms with E-state index in [1.807, 2.05) is 11.1 Å². The molecule has 2 saturated carbocycles. The Morgan fingerprint density at radius 3 is 2.56 bits per heavy atom. The first kappa shape index (κ1) is 19.8. The maximum atomic E-state index is 2.72. The van der Waals surface area contributed by atoms with Gasteiger partial charge in [-0.05, 0) is 90.1 Å². The SMILES string of the molecule is CC(C)CCCC(C)C1CC=C2C3=CCC4CCCCC4(C)C3CCC21C. The summed E-state index contributed by atoms with van der Waals surface area (Å²) in [7, 11) is 0. The van der Waals surface area contributed by atoms with Crippen LogP contribution in [0.4, 0.5) is 0 Å². The second-order valence-corrected chi connectivity index (χ2v) is 11.6. The van der Waals surface area contributed by atoms with E-state index in [4.69, 9.17) is 0 Å². The average molecular weight is 369 g/mol. The van der Waals surface area contributed by atoms with Crippen LogP contribution in [0, 0.1) is 40.4 Å². The lowest BCUT2D eigenvalue weighted by molar-refractivity contribution is 0.0243. The summed E-state index contributed by atoms with van der Waals surface area (Å²) in [4.78, 5) is 0. The Labute approximate surface area is 169 Å². The van der Waals surface area contributed by atoms with Gasteiger partial charge in [0.2, 0.25) is 0 Å². The molecule has 6 unspecified atom stereocenters. The van der Waals surface area contributed by atoms with E-state index < -0.39 is 0 Å². The molecule has 0 spiro atoms. The van der Waals surface area contributed by atoms with Crippen molar-refractivity contribution in [3.8, 4) is 0 Å². The summed E-state index contributed by atoms with van der Waals surface area (Å²) in [5.74, 6) is 4.46. The van der Waals surface area contributed by atoms with Crippen molar-refractivity contribution in [2.45, 2.75) is 105 Å². The molecule has 0 amide bonds. The Kier molecular flexibility index (Phi) is 5.41. The number of allylic oxidation sites excluding steroid dienone is 4. The standard InChI is InChI=1S/C27H44/c1-19(2)9-8-10-20(3)23-14-15-24-22-13-12-21-11-6-7-17-26(21,4)25(22)16-18-27(23,24)5/h13,15,19-21,23,25H,6-12,14,16-18H2,1-5H3. The van der Waals surface area contributed by atoms with Crippen molar-refractivity contribution in [3.63, 3.8) is 0 Å². The maximum absolute atomic E-state index is 2.72. The highest BCUT2D eigenvalue weighted by Crippen LogP contribution is 2.65. The van der Waals surface area contributed by atoms with E-state index in [0.717, 1.165) is 29.6 Å². The molecule has 0 nitrogen and oxygen atoms in total. The molecule has 0 aromatic rings. The highest BCUT2D eigenvalue weighted by atomic mass is 14.6. The van der Waals surface area contributed by atoms with Crippen molar-refractivity contribution in [3.05, 3.63) is 23.3 Å². The molecule has 4 aliphatic carbocycles.